The number of ketones is 1. The first-order valence-corrected chi connectivity index (χ1v) is 11.5. The molecule has 2 rings (SSSR count). The van der Waals surface area contributed by atoms with Gasteiger partial charge < -0.3 is 0 Å². The van der Waals surface area contributed by atoms with Crippen LogP contribution >= 0.6 is 0 Å². The standard InChI is InChI=1S/C23H24OSi/c1-4-25(5-2,6-3)19-18-23(24)22-15-11-10-14-21(22)17-16-20-12-8-7-9-13-20/h7-15H,4-6H2,1-3H3. The summed E-state index contributed by atoms with van der Waals surface area (Å²) >= 11 is 0. The van der Waals surface area contributed by atoms with Crippen molar-refractivity contribution >= 4 is 13.9 Å². The van der Waals surface area contributed by atoms with Gasteiger partial charge in [0.25, 0.3) is 0 Å². The molecule has 2 aromatic carbocycles. The van der Waals surface area contributed by atoms with Gasteiger partial charge in [-0.05, 0) is 48.3 Å². The SMILES string of the molecule is CC[Si](C#CC(=O)c1ccccc1C#Cc1ccccc1)(CC)CC. The van der Waals surface area contributed by atoms with E-state index in [0.29, 0.717) is 5.56 Å². The molecule has 0 atom stereocenters. The number of carbonyl (C=O) groups excluding carboxylic acids is 1. The van der Waals surface area contributed by atoms with Crippen LogP contribution in [0.4, 0.5) is 0 Å². The van der Waals surface area contributed by atoms with E-state index in [0.717, 1.165) is 29.3 Å². The topological polar surface area (TPSA) is 17.1 Å². The number of carbonyl (C=O) groups is 1. The Balaban J connectivity index is 2.33. The highest BCUT2D eigenvalue weighted by atomic mass is 28.3. The van der Waals surface area contributed by atoms with Crippen molar-refractivity contribution in [3.8, 4) is 23.3 Å². The lowest BCUT2D eigenvalue weighted by atomic mass is 10.0. The summed E-state index contributed by atoms with van der Waals surface area (Å²) in [5, 5.41) is 0. The Morgan fingerprint density at radius 3 is 2.08 bits per heavy atom. The van der Waals surface area contributed by atoms with E-state index in [1.807, 2.05) is 54.6 Å². The molecule has 0 aliphatic carbocycles. The van der Waals surface area contributed by atoms with Crippen LogP contribution < -0.4 is 0 Å². The molecule has 0 heterocycles. The second-order valence-electron chi connectivity index (χ2n) is 6.08. The fourth-order valence-corrected chi connectivity index (χ4v) is 5.13. The molecule has 25 heavy (non-hydrogen) atoms. The third-order valence-corrected chi connectivity index (χ3v) is 9.47. The van der Waals surface area contributed by atoms with Crippen LogP contribution in [0.15, 0.2) is 54.6 Å². The van der Waals surface area contributed by atoms with Gasteiger partial charge in [-0.15, -0.1) is 5.54 Å². The van der Waals surface area contributed by atoms with Gasteiger partial charge >= 0.3 is 0 Å². The van der Waals surface area contributed by atoms with Gasteiger partial charge in [-0.3, -0.25) is 4.79 Å². The first kappa shape index (κ1) is 18.8. The van der Waals surface area contributed by atoms with E-state index < -0.39 is 8.07 Å². The van der Waals surface area contributed by atoms with Crippen LogP contribution in [-0.4, -0.2) is 13.9 Å². The number of benzene rings is 2. The van der Waals surface area contributed by atoms with Crippen LogP contribution in [-0.2, 0) is 0 Å². The normalized spacial score (nSPS) is 10.2. The quantitative estimate of drug-likeness (QED) is 0.417. The molecule has 0 saturated carbocycles. The average molecular weight is 345 g/mol. The molecule has 0 aliphatic heterocycles. The first-order valence-electron chi connectivity index (χ1n) is 8.87. The van der Waals surface area contributed by atoms with E-state index in [-0.39, 0.29) is 5.78 Å². The maximum atomic E-state index is 12.7. The fourth-order valence-electron chi connectivity index (χ4n) is 2.72. The van der Waals surface area contributed by atoms with Gasteiger partial charge in [0.15, 0.2) is 0 Å². The van der Waals surface area contributed by atoms with Crippen LogP contribution in [0.1, 0.15) is 42.3 Å². The van der Waals surface area contributed by atoms with Gasteiger partial charge in [0.2, 0.25) is 5.78 Å². The van der Waals surface area contributed by atoms with E-state index in [2.05, 4.69) is 44.1 Å². The Hall–Kier alpha value is -2.55. The van der Waals surface area contributed by atoms with Crippen molar-refractivity contribution in [2.24, 2.45) is 0 Å². The zero-order chi connectivity index (χ0) is 18.1. The van der Waals surface area contributed by atoms with Crippen molar-refractivity contribution in [2.75, 3.05) is 0 Å². The molecule has 0 aromatic heterocycles. The minimum Gasteiger partial charge on any atom is -0.279 e. The van der Waals surface area contributed by atoms with Gasteiger partial charge in [-0.25, -0.2) is 0 Å². The predicted octanol–water partition coefficient (Wildman–Crippen LogP) is 5.32. The summed E-state index contributed by atoms with van der Waals surface area (Å²) in [4.78, 5) is 12.7. The van der Waals surface area contributed by atoms with Crippen molar-refractivity contribution in [3.05, 3.63) is 71.3 Å². The van der Waals surface area contributed by atoms with Gasteiger partial charge in [0.1, 0.15) is 8.07 Å². The molecular formula is C23H24OSi. The van der Waals surface area contributed by atoms with Crippen LogP contribution in [0.3, 0.4) is 0 Å². The molecule has 0 amide bonds. The highest BCUT2D eigenvalue weighted by Gasteiger charge is 2.24. The third kappa shape index (κ3) is 4.96. The molecule has 2 aromatic rings. The smallest absolute Gasteiger partial charge is 0.236 e. The van der Waals surface area contributed by atoms with Gasteiger partial charge in [-0.1, -0.05) is 62.9 Å². The summed E-state index contributed by atoms with van der Waals surface area (Å²) in [6.45, 7) is 6.58. The second-order valence-corrected chi connectivity index (χ2v) is 11.0. The maximum absolute atomic E-state index is 12.7. The Bertz CT molecular complexity index is 832. The summed E-state index contributed by atoms with van der Waals surface area (Å²) < 4.78 is 0. The monoisotopic (exact) mass is 344 g/mol. The summed E-state index contributed by atoms with van der Waals surface area (Å²) in [7, 11) is -1.62. The Kier molecular flexibility index (Phi) is 6.81. The van der Waals surface area contributed by atoms with Crippen molar-refractivity contribution in [3.63, 3.8) is 0 Å². The summed E-state index contributed by atoms with van der Waals surface area (Å²) in [6.07, 6.45) is 0. The lowest BCUT2D eigenvalue weighted by Gasteiger charge is -2.19. The number of hydrogen-bond donors (Lipinski definition) is 0. The highest BCUT2D eigenvalue weighted by molar-refractivity contribution is 6.87. The van der Waals surface area contributed by atoms with Crippen LogP contribution in [0.25, 0.3) is 0 Å². The van der Waals surface area contributed by atoms with Crippen molar-refractivity contribution in [1.29, 1.82) is 0 Å². The second kappa shape index (κ2) is 9.07. The molecular weight excluding hydrogens is 320 g/mol. The molecule has 0 bridgehead atoms. The van der Waals surface area contributed by atoms with E-state index in [9.17, 15) is 4.79 Å². The number of hydrogen-bond acceptors (Lipinski definition) is 1. The molecule has 0 unspecified atom stereocenters. The first-order chi connectivity index (χ1) is 12.1. The van der Waals surface area contributed by atoms with Crippen molar-refractivity contribution < 1.29 is 4.79 Å². The minimum absolute atomic E-state index is 0.120. The zero-order valence-electron chi connectivity index (χ0n) is 15.2. The Morgan fingerprint density at radius 1 is 0.840 bits per heavy atom. The molecule has 2 heteroatoms. The molecule has 126 valence electrons. The van der Waals surface area contributed by atoms with Crippen molar-refractivity contribution in [1.82, 2.24) is 0 Å². The average Bonchev–Trinajstić information content (AvgIpc) is 2.69. The Morgan fingerprint density at radius 2 is 1.44 bits per heavy atom. The third-order valence-electron chi connectivity index (χ3n) is 4.76. The summed E-state index contributed by atoms with van der Waals surface area (Å²) in [5.74, 6) is 9.06. The van der Waals surface area contributed by atoms with Crippen LogP contribution in [0, 0.1) is 23.3 Å². The summed E-state index contributed by atoms with van der Waals surface area (Å²) in [5.41, 5.74) is 5.65. The largest absolute Gasteiger partial charge is 0.279 e. The predicted molar refractivity (Wildman–Crippen MR) is 108 cm³/mol. The van der Waals surface area contributed by atoms with Gasteiger partial charge in [0, 0.05) is 16.7 Å². The highest BCUT2D eigenvalue weighted by Crippen LogP contribution is 2.19. The summed E-state index contributed by atoms with van der Waals surface area (Å²) in [6, 6.07) is 20.5. The lowest BCUT2D eigenvalue weighted by Crippen LogP contribution is -2.29. The van der Waals surface area contributed by atoms with E-state index in [4.69, 9.17) is 0 Å². The van der Waals surface area contributed by atoms with Crippen LogP contribution in [0.2, 0.25) is 18.1 Å². The molecule has 0 N–H and O–H groups in total. The fraction of sp³-hybridized carbons (Fsp3) is 0.261. The molecule has 0 fully saturated rings. The molecule has 0 aliphatic rings. The van der Waals surface area contributed by atoms with Gasteiger partial charge in [0.05, 0.1) is 0 Å². The number of rotatable bonds is 4. The molecule has 0 saturated heterocycles. The van der Waals surface area contributed by atoms with E-state index in [1.165, 1.54) is 0 Å². The Labute approximate surface area is 152 Å². The molecule has 1 nitrogen and oxygen atoms in total. The van der Waals surface area contributed by atoms with Crippen molar-refractivity contribution in [2.45, 2.75) is 38.9 Å². The van der Waals surface area contributed by atoms with E-state index >= 15 is 0 Å². The molecule has 0 spiro atoms. The van der Waals surface area contributed by atoms with E-state index in [1.54, 1.807) is 0 Å². The number of Topliss-reactive ketones (excluding diaryl/α,β-unsaturated/α-hetero) is 1. The molecule has 0 radical (unpaired) electrons. The van der Waals surface area contributed by atoms with Crippen LogP contribution in [0.5, 0.6) is 0 Å². The zero-order valence-corrected chi connectivity index (χ0v) is 16.2. The minimum atomic E-state index is -1.62. The van der Waals surface area contributed by atoms with Gasteiger partial charge in [-0.2, -0.15) is 0 Å². The lowest BCUT2D eigenvalue weighted by molar-refractivity contribution is 0.105. The maximum Gasteiger partial charge on any atom is 0.236 e.